The van der Waals surface area contributed by atoms with Crippen LogP contribution in [0.4, 0.5) is 0 Å². The number of carbonyl (C=O) groups is 2. The summed E-state index contributed by atoms with van der Waals surface area (Å²) in [5.41, 5.74) is 0.632. The number of carboxylic acids is 1. The average Bonchev–Trinajstić information content (AvgIpc) is 3.67. The Kier molecular flexibility index (Phi) is 8.10. The van der Waals surface area contributed by atoms with Crippen LogP contribution in [0.5, 0.6) is 0 Å². The number of carbonyl (C=O) groups excluding carboxylic acids is 2. The lowest BCUT2D eigenvalue weighted by atomic mass is 9.68. The molecule has 0 aromatic rings. The van der Waals surface area contributed by atoms with Crippen molar-refractivity contribution in [3.63, 3.8) is 0 Å². The summed E-state index contributed by atoms with van der Waals surface area (Å²) in [6, 6.07) is 0. The van der Waals surface area contributed by atoms with Gasteiger partial charge in [0.25, 0.3) is 0 Å². The van der Waals surface area contributed by atoms with E-state index in [1.165, 1.54) is 17.7 Å². The van der Waals surface area contributed by atoms with E-state index in [1.807, 2.05) is 0 Å². The molecule has 0 bridgehead atoms. The molecule has 7 nitrogen and oxygen atoms in total. The molecule has 7 heteroatoms. The van der Waals surface area contributed by atoms with Crippen LogP contribution in [-0.4, -0.2) is 55.2 Å². The van der Waals surface area contributed by atoms with E-state index >= 15 is 0 Å². The molecule has 1 spiro atoms. The third kappa shape index (κ3) is 6.31. The zero-order chi connectivity index (χ0) is 24.1. The van der Waals surface area contributed by atoms with Gasteiger partial charge in [0.05, 0.1) is 24.6 Å². The summed E-state index contributed by atoms with van der Waals surface area (Å²) in [6.45, 7) is 6.95. The van der Waals surface area contributed by atoms with Crippen molar-refractivity contribution in [1.29, 1.82) is 0 Å². The van der Waals surface area contributed by atoms with Crippen LogP contribution in [0.2, 0.25) is 0 Å². The summed E-state index contributed by atoms with van der Waals surface area (Å²) in [4.78, 5) is 22.7. The number of aliphatic carboxylic acids is 1. The van der Waals surface area contributed by atoms with Crippen LogP contribution in [0.25, 0.3) is 0 Å². The quantitative estimate of drug-likeness (QED) is 0.163. The highest BCUT2D eigenvalue weighted by Crippen LogP contribution is 2.59. The van der Waals surface area contributed by atoms with Crippen LogP contribution >= 0.6 is 0 Å². The van der Waals surface area contributed by atoms with Crippen molar-refractivity contribution < 1.29 is 33.6 Å². The van der Waals surface area contributed by atoms with E-state index in [2.05, 4.69) is 26.8 Å². The summed E-state index contributed by atoms with van der Waals surface area (Å²) in [6.07, 6.45) is 15.6. The Morgan fingerprint density at radius 2 is 1.73 bits per heavy atom. The molecule has 0 amide bonds. The predicted molar refractivity (Wildman–Crippen MR) is 121 cm³/mol. The molecule has 180 valence electrons. The Balaban J connectivity index is 1.59. The van der Waals surface area contributed by atoms with Gasteiger partial charge in [-0.2, -0.15) is 0 Å². The molecular formula is C26H33O7-. The standard InChI is InChI=1S/C26H34O7/c1-18(2)13-14-20-25(3,33-20)24-23(30-4)19(15-16-26(24)17-31-26)32-22(29)12-10-8-6-5-7-9-11-21(27)28/h5-13,19-20,23-24H,14-17H2,1-4H3,(H,27,28)/p-1/b7-5+,8-6+,11-9+,12-10+/t19-,20-,23-,24-,25+,26+/m1/s1. The predicted octanol–water partition coefficient (Wildman–Crippen LogP) is 2.58. The van der Waals surface area contributed by atoms with Crippen molar-refractivity contribution in [2.45, 2.75) is 69.5 Å². The molecule has 0 N–H and O–H groups in total. The van der Waals surface area contributed by atoms with Gasteiger partial charge in [0, 0.05) is 13.2 Å². The lowest BCUT2D eigenvalue weighted by molar-refractivity contribution is -0.297. The topological polar surface area (TPSA) is 101 Å². The fourth-order valence-corrected chi connectivity index (χ4v) is 4.78. The Hall–Kier alpha value is -2.48. The van der Waals surface area contributed by atoms with E-state index in [-0.39, 0.29) is 35.4 Å². The van der Waals surface area contributed by atoms with Gasteiger partial charge in [0.2, 0.25) is 0 Å². The number of allylic oxidation sites excluding steroid dienone is 7. The summed E-state index contributed by atoms with van der Waals surface area (Å²) in [5, 5.41) is 10.3. The zero-order valence-electron chi connectivity index (χ0n) is 19.7. The van der Waals surface area contributed by atoms with E-state index in [0.717, 1.165) is 18.9 Å². The molecule has 33 heavy (non-hydrogen) atoms. The highest BCUT2D eigenvalue weighted by atomic mass is 16.6. The fourth-order valence-electron chi connectivity index (χ4n) is 4.78. The number of hydrogen-bond acceptors (Lipinski definition) is 7. The molecule has 2 saturated heterocycles. The van der Waals surface area contributed by atoms with Crippen LogP contribution in [0.3, 0.4) is 0 Å². The molecule has 3 fully saturated rings. The van der Waals surface area contributed by atoms with E-state index in [4.69, 9.17) is 18.9 Å². The largest absolute Gasteiger partial charge is 0.545 e. The number of ether oxygens (including phenoxy) is 4. The maximum Gasteiger partial charge on any atom is 0.331 e. The highest BCUT2D eigenvalue weighted by molar-refractivity contribution is 5.82. The monoisotopic (exact) mass is 457 g/mol. The molecule has 0 unspecified atom stereocenters. The highest BCUT2D eigenvalue weighted by Gasteiger charge is 2.72. The van der Waals surface area contributed by atoms with Crippen LogP contribution in [-0.2, 0) is 28.5 Å². The third-order valence-electron chi connectivity index (χ3n) is 6.52. The molecule has 2 aliphatic heterocycles. The molecule has 6 atom stereocenters. The molecule has 0 aromatic heterocycles. The van der Waals surface area contributed by atoms with Crippen LogP contribution in [0, 0.1) is 5.92 Å². The average molecular weight is 458 g/mol. The van der Waals surface area contributed by atoms with Gasteiger partial charge in [-0.3, -0.25) is 0 Å². The molecular weight excluding hydrogens is 424 g/mol. The second-order valence-corrected chi connectivity index (χ2v) is 9.16. The summed E-state index contributed by atoms with van der Waals surface area (Å²) in [5.74, 6) is -1.71. The minimum Gasteiger partial charge on any atom is -0.545 e. The first-order valence-electron chi connectivity index (χ1n) is 11.3. The first-order valence-corrected chi connectivity index (χ1v) is 11.3. The summed E-state index contributed by atoms with van der Waals surface area (Å²) in [7, 11) is 1.65. The van der Waals surface area contributed by atoms with Crippen molar-refractivity contribution in [3.8, 4) is 0 Å². The number of rotatable bonds is 10. The van der Waals surface area contributed by atoms with Crippen molar-refractivity contribution >= 4 is 11.9 Å². The third-order valence-corrected chi connectivity index (χ3v) is 6.52. The van der Waals surface area contributed by atoms with E-state index < -0.39 is 11.9 Å². The van der Waals surface area contributed by atoms with Crippen molar-refractivity contribution in [2.75, 3.05) is 13.7 Å². The summed E-state index contributed by atoms with van der Waals surface area (Å²) < 4.78 is 23.7. The van der Waals surface area contributed by atoms with Crippen molar-refractivity contribution in [1.82, 2.24) is 0 Å². The van der Waals surface area contributed by atoms with Gasteiger partial charge < -0.3 is 28.8 Å². The molecule has 3 rings (SSSR count). The maximum absolute atomic E-state index is 12.4. The van der Waals surface area contributed by atoms with Gasteiger partial charge in [0.1, 0.15) is 23.4 Å². The van der Waals surface area contributed by atoms with Gasteiger partial charge >= 0.3 is 5.97 Å². The van der Waals surface area contributed by atoms with Gasteiger partial charge in [0.15, 0.2) is 0 Å². The van der Waals surface area contributed by atoms with Crippen molar-refractivity contribution in [3.05, 3.63) is 60.3 Å². The number of epoxide rings is 2. The number of methoxy groups -OCH3 is 1. The number of esters is 1. The van der Waals surface area contributed by atoms with Gasteiger partial charge in [-0.05, 0) is 46.1 Å². The molecule has 1 aliphatic carbocycles. The normalized spacial score (nSPS) is 35.6. The van der Waals surface area contributed by atoms with Crippen LogP contribution in [0.15, 0.2) is 60.3 Å². The number of hydrogen-bond donors (Lipinski definition) is 0. The Morgan fingerprint density at radius 1 is 1.09 bits per heavy atom. The minimum absolute atomic E-state index is 0.0137. The Labute approximate surface area is 195 Å². The maximum atomic E-state index is 12.4. The van der Waals surface area contributed by atoms with Gasteiger partial charge in [-0.15, -0.1) is 0 Å². The molecule has 0 radical (unpaired) electrons. The van der Waals surface area contributed by atoms with Gasteiger partial charge in [-0.1, -0.05) is 48.1 Å². The SMILES string of the molecule is CO[C@@H]1[C@H](OC(=O)/C=C/C=C/C=C/C=C/C(=O)[O-])CC[C@]2(CO2)[C@H]1[C@@]1(C)O[C@@H]1CC=C(C)C. The van der Waals surface area contributed by atoms with Crippen molar-refractivity contribution in [2.24, 2.45) is 5.92 Å². The molecule has 2 heterocycles. The second kappa shape index (κ2) is 10.6. The van der Waals surface area contributed by atoms with E-state index in [1.54, 1.807) is 37.5 Å². The lowest BCUT2D eigenvalue weighted by Crippen LogP contribution is -2.55. The zero-order valence-corrected chi connectivity index (χ0v) is 19.7. The first kappa shape index (κ1) is 25.1. The smallest absolute Gasteiger partial charge is 0.331 e. The number of carboxylic acid groups (broad SMARTS) is 1. The second-order valence-electron chi connectivity index (χ2n) is 9.16. The Morgan fingerprint density at radius 3 is 2.30 bits per heavy atom. The van der Waals surface area contributed by atoms with Crippen LogP contribution < -0.4 is 5.11 Å². The van der Waals surface area contributed by atoms with Gasteiger partial charge in [-0.25, -0.2) is 4.79 Å². The molecule has 0 aromatic carbocycles. The Bertz CT molecular complexity index is 873. The minimum atomic E-state index is -1.25. The van der Waals surface area contributed by atoms with E-state index in [0.29, 0.717) is 13.0 Å². The lowest BCUT2D eigenvalue weighted by Gasteiger charge is -2.42. The molecule has 1 saturated carbocycles. The first-order chi connectivity index (χ1) is 15.7. The summed E-state index contributed by atoms with van der Waals surface area (Å²) >= 11 is 0. The molecule has 3 aliphatic rings. The van der Waals surface area contributed by atoms with E-state index in [9.17, 15) is 14.7 Å². The van der Waals surface area contributed by atoms with Crippen LogP contribution in [0.1, 0.15) is 40.0 Å². The fraction of sp³-hybridized carbons (Fsp3) is 0.538.